The van der Waals surface area contributed by atoms with E-state index in [4.69, 9.17) is 5.11 Å². The second-order valence-corrected chi connectivity index (χ2v) is 4.81. The van der Waals surface area contributed by atoms with E-state index in [2.05, 4.69) is 4.74 Å². The molecule has 2 N–H and O–H groups in total. The van der Waals surface area contributed by atoms with E-state index in [0.29, 0.717) is 0 Å². The number of carbonyl (C=O) groups is 2. The van der Waals surface area contributed by atoms with Crippen molar-refractivity contribution >= 4 is 11.9 Å². The Bertz CT molecular complexity index is 569. The number of aryl methyl sites for hydroxylation is 2. The fourth-order valence-electron chi connectivity index (χ4n) is 2.00. The molecule has 0 saturated carbocycles. The van der Waals surface area contributed by atoms with E-state index in [1.165, 1.54) is 26.0 Å². The van der Waals surface area contributed by atoms with Crippen molar-refractivity contribution in [2.45, 2.75) is 39.3 Å². The Balaban J connectivity index is 2.98. The minimum Gasteiger partial charge on any atom is -0.480 e. The van der Waals surface area contributed by atoms with Crippen LogP contribution in [0, 0.1) is 13.8 Å². The first-order valence-electron chi connectivity index (χ1n) is 6.49. The molecule has 9 heteroatoms. The number of ether oxygens (including phenoxy) is 1. The van der Waals surface area contributed by atoms with Gasteiger partial charge in [-0.2, -0.15) is 8.78 Å². The number of carbonyl (C=O) groups excluding carboxylic acids is 1. The standard InChI is InChI=1S/C14H15F4NO4/c1-6-3-8(4-7(2)11(6)23-14(17)18)12(20)19-9(13(21)22)5-10(15)16/h3-4,9-10,14H,5H2,1-2H3,(H,19,20)(H,21,22). The summed E-state index contributed by atoms with van der Waals surface area (Å²) in [5.74, 6) is -2.59. The molecule has 0 bridgehead atoms. The van der Waals surface area contributed by atoms with Crippen molar-refractivity contribution in [3.8, 4) is 5.75 Å². The molecule has 1 aromatic carbocycles. The van der Waals surface area contributed by atoms with E-state index in [1.807, 2.05) is 5.32 Å². The van der Waals surface area contributed by atoms with E-state index in [1.54, 1.807) is 0 Å². The van der Waals surface area contributed by atoms with Gasteiger partial charge in [0.15, 0.2) is 0 Å². The van der Waals surface area contributed by atoms with Gasteiger partial charge < -0.3 is 15.2 Å². The SMILES string of the molecule is Cc1cc(C(=O)NC(CC(F)F)C(=O)O)cc(C)c1OC(F)F. The number of nitrogens with one attached hydrogen (secondary N) is 1. The third-order valence-electron chi connectivity index (χ3n) is 2.95. The zero-order chi connectivity index (χ0) is 17.7. The molecule has 1 amide bonds. The fraction of sp³-hybridized carbons (Fsp3) is 0.429. The molecule has 5 nitrogen and oxygen atoms in total. The van der Waals surface area contributed by atoms with Gasteiger partial charge in [-0.25, -0.2) is 13.6 Å². The van der Waals surface area contributed by atoms with Crippen molar-refractivity contribution in [2.24, 2.45) is 0 Å². The Morgan fingerprint density at radius 1 is 1.17 bits per heavy atom. The Kier molecular flexibility index (Phi) is 6.35. The van der Waals surface area contributed by atoms with Gasteiger partial charge in [-0.15, -0.1) is 0 Å². The molecule has 0 radical (unpaired) electrons. The number of alkyl halides is 4. The summed E-state index contributed by atoms with van der Waals surface area (Å²) in [7, 11) is 0. The van der Waals surface area contributed by atoms with Crippen LogP contribution in [0.25, 0.3) is 0 Å². The lowest BCUT2D eigenvalue weighted by Crippen LogP contribution is -2.42. The van der Waals surface area contributed by atoms with Crippen molar-refractivity contribution in [1.82, 2.24) is 5.32 Å². The predicted molar refractivity (Wildman–Crippen MR) is 72.1 cm³/mol. The van der Waals surface area contributed by atoms with Crippen LogP contribution in [-0.4, -0.2) is 36.1 Å². The molecule has 0 saturated heterocycles. The van der Waals surface area contributed by atoms with Gasteiger partial charge >= 0.3 is 12.6 Å². The van der Waals surface area contributed by atoms with Crippen molar-refractivity contribution in [1.29, 1.82) is 0 Å². The van der Waals surface area contributed by atoms with Crippen LogP contribution >= 0.6 is 0 Å². The van der Waals surface area contributed by atoms with Crippen LogP contribution in [0.3, 0.4) is 0 Å². The molecule has 1 aromatic rings. The number of rotatable bonds is 7. The Morgan fingerprint density at radius 2 is 1.70 bits per heavy atom. The van der Waals surface area contributed by atoms with Crippen LogP contribution in [0.2, 0.25) is 0 Å². The first-order chi connectivity index (χ1) is 10.6. The van der Waals surface area contributed by atoms with E-state index < -0.39 is 37.4 Å². The van der Waals surface area contributed by atoms with Crippen molar-refractivity contribution in [2.75, 3.05) is 0 Å². The normalized spacial score (nSPS) is 12.3. The van der Waals surface area contributed by atoms with Gasteiger partial charge in [-0.1, -0.05) is 0 Å². The second kappa shape index (κ2) is 7.80. The Morgan fingerprint density at radius 3 is 2.09 bits per heavy atom. The van der Waals surface area contributed by atoms with Crippen LogP contribution in [0.15, 0.2) is 12.1 Å². The fourth-order valence-corrected chi connectivity index (χ4v) is 2.00. The highest BCUT2D eigenvalue weighted by Gasteiger charge is 2.25. The third-order valence-corrected chi connectivity index (χ3v) is 2.95. The zero-order valence-corrected chi connectivity index (χ0v) is 12.3. The average Bonchev–Trinajstić information content (AvgIpc) is 2.40. The maximum atomic E-state index is 12.3. The van der Waals surface area contributed by atoms with Gasteiger partial charge in [-0.3, -0.25) is 4.79 Å². The molecular weight excluding hydrogens is 322 g/mol. The molecule has 0 aromatic heterocycles. The van der Waals surface area contributed by atoms with Gasteiger partial charge in [-0.05, 0) is 37.1 Å². The zero-order valence-electron chi connectivity index (χ0n) is 12.3. The molecule has 1 rings (SSSR count). The second-order valence-electron chi connectivity index (χ2n) is 4.81. The molecular formula is C14H15F4NO4. The largest absolute Gasteiger partial charge is 0.480 e. The molecule has 0 spiro atoms. The third kappa shape index (κ3) is 5.42. The molecule has 0 aliphatic rings. The maximum Gasteiger partial charge on any atom is 0.387 e. The average molecular weight is 337 g/mol. The van der Waals surface area contributed by atoms with Crippen LogP contribution in [-0.2, 0) is 4.79 Å². The highest BCUT2D eigenvalue weighted by molar-refractivity contribution is 5.97. The van der Waals surface area contributed by atoms with Crippen LogP contribution < -0.4 is 10.1 Å². The summed E-state index contributed by atoms with van der Waals surface area (Å²) in [6.07, 6.45) is -3.94. The lowest BCUT2D eigenvalue weighted by molar-refractivity contribution is -0.140. The summed E-state index contributed by atoms with van der Waals surface area (Å²) in [5.41, 5.74) is 0.425. The summed E-state index contributed by atoms with van der Waals surface area (Å²) in [6.45, 7) is -0.181. The monoisotopic (exact) mass is 337 g/mol. The van der Waals surface area contributed by atoms with E-state index in [-0.39, 0.29) is 22.4 Å². The van der Waals surface area contributed by atoms with Crippen molar-refractivity contribution < 1.29 is 37.0 Å². The summed E-state index contributed by atoms with van der Waals surface area (Å²) in [6, 6.07) is 0.669. The van der Waals surface area contributed by atoms with E-state index in [9.17, 15) is 27.2 Å². The molecule has 23 heavy (non-hydrogen) atoms. The Hall–Kier alpha value is -2.32. The van der Waals surface area contributed by atoms with Crippen molar-refractivity contribution in [3.63, 3.8) is 0 Å². The molecule has 1 unspecified atom stereocenters. The summed E-state index contributed by atoms with van der Waals surface area (Å²) >= 11 is 0. The van der Waals surface area contributed by atoms with Crippen LogP contribution in [0.4, 0.5) is 17.6 Å². The minimum atomic E-state index is -3.03. The molecule has 1 atom stereocenters. The van der Waals surface area contributed by atoms with Gasteiger partial charge in [0.25, 0.3) is 5.91 Å². The van der Waals surface area contributed by atoms with E-state index >= 15 is 0 Å². The van der Waals surface area contributed by atoms with Crippen LogP contribution in [0.1, 0.15) is 27.9 Å². The quantitative estimate of drug-likeness (QED) is 0.750. The molecule has 0 fully saturated rings. The highest BCUT2D eigenvalue weighted by atomic mass is 19.3. The van der Waals surface area contributed by atoms with Crippen molar-refractivity contribution in [3.05, 3.63) is 28.8 Å². The lowest BCUT2D eigenvalue weighted by atomic mass is 10.0. The summed E-state index contributed by atoms with van der Waals surface area (Å²) < 4.78 is 53.5. The molecule has 0 aliphatic carbocycles. The summed E-state index contributed by atoms with van der Waals surface area (Å²) in [4.78, 5) is 22.8. The van der Waals surface area contributed by atoms with Gasteiger partial charge in [0.1, 0.15) is 11.8 Å². The molecule has 0 aliphatic heterocycles. The smallest absolute Gasteiger partial charge is 0.387 e. The highest BCUT2D eigenvalue weighted by Crippen LogP contribution is 2.26. The predicted octanol–water partition coefficient (Wildman–Crippen LogP) is 2.74. The number of halogens is 4. The lowest BCUT2D eigenvalue weighted by Gasteiger charge is -2.16. The van der Waals surface area contributed by atoms with Gasteiger partial charge in [0.05, 0.1) is 0 Å². The first-order valence-corrected chi connectivity index (χ1v) is 6.49. The number of carboxylic acids is 1. The van der Waals surface area contributed by atoms with E-state index in [0.717, 1.165) is 0 Å². The Labute approximate surface area is 129 Å². The number of amides is 1. The number of benzene rings is 1. The van der Waals surface area contributed by atoms with Gasteiger partial charge in [0.2, 0.25) is 6.43 Å². The number of carboxylic acid groups (broad SMARTS) is 1. The number of aliphatic carboxylic acids is 1. The first kappa shape index (κ1) is 18.7. The minimum absolute atomic E-state index is 0.0397. The van der Waals surface area contributed by atoms with Crippen LogP contribution in [0.5, 0.6) is 5.75 Å². The number of hydrogen-bond acceptors (Lipinski definition) is 3. The number of hydrogen-bond donors (Lipinski definition) is 2. The summed E-state index contributed by atoms with van der Waals surface area (Å²) in [5, 5.41) is 10.8. The molecule has 0 heterocycles. The topological polar surface area (TPSA) is 75.6 Å². The molecule has 128 valence electrons. The van der Waals surface area contributed by atoms with Gasteiger partial charge in [0, 0.05) is 12.0 Å². The maximum absolute atomic E-state index is 12.3.